The molecule has 1 amide bonds. The SMILES string of the molecule is COc1ccc(C(=O)Nc2ccc3oc(=O)n(C)c3c2)cc1-c1ccccc1. The number of fused-ring (bicyclic) bond motifs is 1. The summed E-state index contributed by atoms with van der Waals surface area (Å²) in [4.78, 5) is 24.4. The highest BCUT2D eigenvalue weighted by atomic mass is 16.5. The van der Waals surface area contributed by atoms with Gasteiger partial charge in [0.15, 0.2) is 5.58 Å². The molecule has 0 aliphatic carbocycles. The molecule has 6 nitrogen and oxygen atoms in total. The predicted molar refractivity (Wildman–Crippen MR) is 108 cm³/mol. The number of methoxy groups -OCH3 is 1. The smallest absolute Gasteiger partial charge is 0.419 e. The van der Waals surface area contributed by atoms with Crippen molar-refractivity contribution in [2.24, 2.45) is 7.05 Å². The van der Waals surface area contributed by atoms with Crippen LogP contribution in [0.25, 0.3) is 22.2 Å². The molecular formula is C22H18N2O4. The molecule has 0 spiro atoms. The standard InChI is InChI=1S/C22H18N2O4/c1-24-18-13-16(9-11-20(18)28-22(24)26)23-21(25)15-8-10-19(27-2)17(12-15)14-6-4-3-5-7-14/h3-13H,1-2H3,(H,23,25). The van der Waals surface area contributed by atoms with Crippen LogP contribution in [0.15, 0.2) is 75.9 Å². The van der Waals surface area contributed by atoms with Crippen molar-refractivity contribution in [3.63, 3.8) is 0 Å². The summed E-state index contributed by atoms with van der Waals surface area (Å²) in [7, 11) is 3.22. The zero-order valence-corrected chi connectivity index (χ0v) is 15.4. The molecule has 0 fully saturated rings. The molecule has 4 aromatic rings. The quantitative estimate of drug-likeness (QED) is 0.585. The minimum atomic E-state index is -0.443. The van der Waals surface area contributed by atoms with E-state index in [2.05, 4.69) is 5.32 Å². The normalized spacial score (nSPS) is 10.8. The molecule has 0 radical (unpaired) electrons. The number of benzene rings is 3. The molecule has 0 unspecified atom stereocenters. The zero-order chi connectivity index (χ0) is 19.7. The number of anilines is 1. The van der Waals surface area contributed by atoms with Crippen LogP contribution >= 0.6 is 0 Å². The minimum absolute atomic E-state index is 0.257. The minimum Gasteiger partial charge on any atom is -0.496 e. The molecule has 0 aliphatic rings. The van der Waals surface area contributed by atoms with Crippen molar-refractivity contribution >= 4 is 22.7 Å². The van der Waals surface area contributed by atoms with Gasteiger partial charge in [-0.25, -0.2) is 4.79 Å². The van der Waals surface area contributed by atoms with Crippen molar-refractivity contribution in [2.45, 2.75) is 0 Å². The molecule has 0 aliphatic heterocycles. The maximum absolute atomic E-state index is 12.8. The van der Waals surface area contributed by atoms with E-state index < -0.39 is 5.76 Å². The van der Waals surface area contributed by atoms with Crippen LogP contribution in [-0.4, -0.2) is 17.6 Å². The van der Waals surface area contributed by atoms with Crippen LogP contribution in [-0.2, 0) is 7.05 Å². The molecule has 1 heterocycles. The summed E-state index contributed by atoms with van der Waals surface area (Å²) < 4.78 is 12.0. The van der Waals surface area contributed by atoms with E-state index in [1.54, 1.807) is 50.6 Å². The number of hydrogen-bond donors (Lipinski definition) is 1. The number of nitrogens with zero attached hydrogens (tertiary/aromatic N) is 1. The zero-order valence-electron chi connectivity index (χ0n) is 15.4. The highest BCUT2D eigenvalue weighted by Gasteiger charge is 2.13. The van der Waals surface area contributed by atoms with Crippen LogP contribution in [0.5, 0.6) is 5.75 Å². The lowest BCUT2D eigenvalue weighted by Crippen LogP contribution is -2.12. The van der Waals surface area contributed by atoms with Crippen LogP contribution in [0.3, 0.4) is 0 Å². The molecule has 4 rings (SSSR count). The first kappa shape index (κ1) is 17.6. The van der Waals surface area contributed by atoms with Gasteiger partial charge in [-0.1, -0.05) is 30.3 Å². The Morgan fingerprint density at radius 3 is 2.57 bits per heavy atom. The fraction of sp³-hybridized carbons (Fsp3) is 0.0909. The Kier molecular flexibility index (Phi) is 4.45. The van der Waals surface area contributed by atoms with Crippen molar-refractivity contribution in [3.8, 4) is 16.9 Å². The van der Waals surface area contributed by atoms with Crippen LogP contribution in [0, 0.1) is 0 Å². The van der Waals surface area contributed by atoms with Gasteiger partial charge in [0.2, 0.25) is 0 Å². The number of carbonyl (C=O) groups is 1. The van der Waals surface area contributed by atoms with E-state index in [4.69, 9.17) is 9.15 Å². The highest BCUT2D eigenvalue weighted by Crippen LogP contribution is 2.31. The molecule has 3 aromatic carbocycles. The second-order valence-corrected chi connectivity index (χ2v) is 6.34. The molecule has 1 aromatic heterocycles. The average molecular weight is 374 g/mol. The molecule has 140 valence electrons. The van der Waals surface area contributed by atoms with E-state index >= 15 is 0 Å². The number of oxazole rings is 1. The summed E-state index contributed by atoms with van der Waals surface area (Å²) in [5.41, 5.74) is 3.96. The first-order valence-electron chi connectivity index (χ1n) is 8.71. The number of aryl methyl sites for hydroxylation is 1. The molecular weight excluding hydrogens is 356 g/mol. The second kappa shape index (κ2) is 7.08. The summed E-state index contributed by atoms with van der Waals surface area (Å²) in [5.74, 6) is -0.00798. The Labute approximate surface area is 161 Å². The third kappa shape index (κ3) is 3.16. The van der Waals surface area contributed by atoms with Crippen molar-refractivity contribution in [3.05, 3.63) is 82.8 Å². The topological polar surface area (TPSA) is 73.5 Å². The van der Waals surface area contributed by atoms with Crippen molar-refractivity contribution in [1.82, 2.24) is 4.57 Å². The fourth-order valence-corrected chi connectivity index (χ4v) is 3.10. The van der Waals surface area contributed by atoms with Gasteiger partial charge in [0.1, 0.15) is 5.75 Å². The van der Waals surface area contributed by atoms with Gasteiger partial charge in [0.05, 0.1) is 12.6 Å². The second-order valence-electron chi connectivity index (χ2n) is 6.34. The number of amides is 1. The van der Waals surface area contributed by atoms with Gasteiger partial charge in [-0.05, 0) is 42.0 Å². The van der Waals surface area contributed by atoms with Gasteiger partial charge in [0.25, 0.3) is 5.91 Å². The monoisotopic (exact) mass is 374 g/mol. The molecule has 0 saturated carbocycles. The summed E-state index contributed by atoms with van der Waals surface area (Å²) in [6.07, 6.45) is 0. The Morgan fingerprint density at radius 2 is 1.82 bits per heavy atom. The van der Waals surface area contributed by atoms with E-state index in [9.17, 15) is 9.59 Å². The molecule has 1 N–H and O–H groups in total. The summed E-state index contributed by atoms with van der Waals surface area (Å²) >= 11 is 0. The number of hydrogen-bond acceptors (Lipinski definition) is 4. The Hall–Kier alpha value is -3.80. The van der Waals surface area contributed by atoms with Gasteiger partial charge in [-0.15, -0.1) is 0 Å². The van der Waals surface area contributed by atoms with Gasteiger partial charge >= 0.3 is 5.76 Å². The van der Waals surface area contributed by atoms with Gasteiger partial charge in [0, 0.05) is 23.9 Å². The third-order valence-corrected chi connectivity index (χ3v) is 4.60. The summed E-state index contributed by atoms with van der Waals surface area (Å²) in [6, 6.07) is 20.1. The lowest BCUT2D eigenvalue weighted by atomic mass is 10.0. The largest absolute Gasteiger partial charge is 0.496 e. The van der Waals surface area contributed by atoms with E-state index in [1.807, 2.05) is 30.3 Å². The van der Waals surface area contributed by atoms with E-state index in [-0.39, 0.29) is 5.91 Å². The number of carbonyl (C=O) groups excluding carboxylic acids is 1. The Bertz CT molecular complexity index is 1220. The number of aromatic nitrogens is 1. The molecule has 0 bridgehead atoms. The molecule has 0 saturated heterocycles. The van der Waals surface area contributed by atoms with Gasteiger partial charge in [-0.2, -0.15) is 0 Å². The first-order valence-corrected chi connectivity index (χ1v) is 8.71. The number of rotatable bonds is 4. The highest BCUT2D eigenvalue weighted by molar-refractivity contribution is 6.05. The van der Waals surface area contributed by atoms with E-state index in [0.29, 0.717) is 28.1 Å². The van der Waals surface area contributed by atoms with Crippen LogP contribution in [0.4, 0.5) is 5.69 Å². The van der Waals surface area contributed by atoms with Crippen molar-refractivity contribution in [2.75, 3.05) is 12.4 Å². The van der Waals surface area contributed by atoms with Gasteiger partial charge in [-0.3, -0.25) is 9.36 Å². The molecule has 0 atom stereocenters. The third-order valence-electron chi connectivity index (χ3n) is 4.60. The van der Waals surface area contributed by atoms with Crippen molar-refractivity contribution in [1.29, 1.82) is 0 Å². The van der Waals surface area contributed by atoms with E-state index in [1.165, 1.54) is 4.57 Å². The Morgan fingerprint density at radius 1 is 1.04 bits per heavy atom. The average Bonchev–Trinajstić information content (AvgIpc) is 3.01. The maximum atomic E-state index is 12.8. The maximum Gasteiger partial charge on any atom is 0.419 e. The number of nitrogens with one attached hydrogen (secondary N) is 1. The Balaban J connectivity index is 1.67. The predicted octanol–water partition coefficient (Wildman–Crippen LogP) is 4.06. The van der Waals surface area contributed by atoms with Crippen LogP contribution < -0.4 is 15.8 Å². The van der Waals surface area contributed by atoms with Gasteiger partial charge < -0.3 is 14.5 Å². The molecule has 28 heavy (non-hydrogen) atoms. The van der Waals surface area contributed by atoms with E-state index in [0.717, 1.165) is 11.1 Å². The lowest BCUT2D eigenvalue weighted by molar-refractivity contribution is 0.102. The first-order chi connectivity index (χ1) is 13.6. The number of ether oxygens (including phenoxy) is 1. The fourth-order valence-electron chi connectivity index (χ4n) is 3.10. The lowest BCUT2D eigenvalue weighted by Gasteiger charge is -2.11. The van der Waals surface area contributed by atoms with Crippen LogP contribution in [0.2, 0.25) is 0 Å². The molecule has 6 heteroatoms. The van der Waals surface area contributed by atoms with Crippen molar-refractivity contribution < 1.29 is 13.9 Å². The summed E-state index contributed by atoms with van der Waals surface area (Å²) in [6.45, 7) is 0. The summed E-state index contributed by atoms with van der Waals surface area (Å²) in [5, 5.41) is 2.87. The van der Waals surface area contributed by atoms with Crippen LogP contribution in [0.1, 0.15) is 10.4 Å².